The number of nitrogens with two attached hydrogens (primary N) is 1. The normalized spacial score (nSPS) is 12.2. The number of rotatable bonds is 5. The third-order valence-corrected chi connectivity index (χ3v) is 4.86. The van der Waals surface area contributed by atoms with E-state index in [1.165, 1.54) is 0 Å². The molecule has 1 atom stereocenters. The predicted molar refractivity (Wildman–Crippen MR) is 87.3 cm³/mol. The van der Waals surface area contributed by atoms with E-state index in [1.807, 2.05) is 37.4 Å². The minimum atomic E-state index is -0.0751. The highest BCUT2D eigenvalue weighted by atomic mass is 79.9. The molecule has 2 rings (SSSR count). The van der Waals surface area contributed by atoms with Crippen LogP contribution < -0.4 is 15.4 Å². The number of para-hydroxylation sites is 2. The van der Waals surface area contributed by atoms with E-state index in [1.54, 1.807) is 7.11 Å². The number of nitrogens with zero attached hydrogens (tertiary/aromatic N) is 1. The summed E-state index contributed by atoms with van der Waals surface area (Å²) in [6.45, 7) is 0.431. The van der Waals surface area contributed by atoms with Crippen LogP contribution in [0.5, 0.6) is 5.75 Å². The van der Waals surface area contributed by atoms with Crippen molar-refractivity contribution in [3.63, 3.8) is 0 Å². The number of likely N-dealkylation sites (N-methyl/N-ethyl adjacent to an activating group) is 1. The molecule has 0 aliphatic carbocycles. The number of furan rings is 1. The standard InChI is InChI=1S/C14H16Br2N2O2/c1-18(10-5-3-4-6-12(10)19-2)11(8-17)13-7-9(15)14(16)20-13/h3-7,11H,8,17H2,1-2H3. The van der Waals surface area contributed by atoms with Gasteiger partial charge in [0.1, 0.15) is 11.5 Å². The van der Waals surface area contributed by atoms with Crippen molar-refractivity contribution in [3.8, 4) is 5.75 Å². The molecule has 1 heterocycles. The molecule has 1 aromatic carbocycles. The van der Waals surface area contributed by atoms with E-state index in [0.717, 1.165) is 21.7 Å². The molecule has 0 bridgehead atoms. The fourth-order valence-corrected chi connectivity index (χ4v) is 2.69. The van der Waals surface area contributed by atoms with Gasteiger partial charge in [-0.2, -0.15) is 0 Å². The van der Waals surface area contributed by atoms with Crippen LogP contribution in [0.15, 0.2) is 43.9 Å². The van der Waals surface area contributed by atoms with Crippen LogP contribution in [-0.4, -0.2) is 20.7 Å². The highest BCUT2D eigenvalue weighted by Gasteiger charge is 2.23. The Labute approximate surface area is 135 Å². The second-order valence-corrected chi connectivity index (χ2v) is 5.88. The van der Waals surface area contributed by atoms with Gasteiger partial charge in [0.05, 0.1) is 23.3 Å². The van der Waals surface area contributed by atoms with Crippen LogP contribution in [0, 0.1) is 0 Å². The van der Waals surface area contributed by atoms with E-state index in [4.69, 9.17) is 14.9 Å². The summed E-state index contributed by atoms with van der Waals surface area (Å²) in [5, 5.41) is 0. The van der Waals surface area contributed by atoms with Crippen molar-refractivity contribution >= 4 is 37.5 Å². The summed E-state index contributed by atoms with van der Waals surface area (Å²) < 4.78 is 12.6. The van der Waals surface area contributed by atoms with Gasteiger partial charge in [-0.05, 0) is 50.1 Å². The molecule has 2 N–H and O–H groups in total. The van der Waals surface area contributed by atoms with Gasteiger partial charge in [0.25, 0.3) is 0 Å². The Hall–Kier alpha value is -0.980. The average Bonchev–Trinajstić information content (AvgIpc) is 2.79. The smallest absolute Gasteiger partial charge is 0.183 e. The molecule has 2 aromatic rings. The number of halogens is 2. The zero-order chi connectivity index (χ0) is 14.7. The van der Waals surface area contributed by atoms with Gasteiger partial charge in [0, 0.05) is 13.6 Å². The van der Waals surface area contributed by atoms with Gasteiger partial charge in [0.15, 0.2) is 4.67 Å². The zero-order valence-electron chi connectivity index (χ0n) is 11.3. The van der Waals surface area contributed by atoms with Gasteiger partial charge in [0.2, 0.25) is 0 Å². The van der Waals surface area contributed by atoms with Crippen LogP contribution in [0.25, 0.3) is 0 Å². The summed E-state index contributed by atoms with van der Waals surface area (Å²) in [7, 11) is 3.63. The van der Waals surface area contributed by atoms with Gasteiger partial charge in [-0.3, -0.25) is 0 Å². The molecule has 1 unspecified atom stereocenters. The van der Waals surface area contributed by atoms with Crippen molar-refractivity contribution in [2.75, 3.05) is 25.6 Å². The maximum atomic E-state index is 5.92. The van der Waals surface area contributed by atoms with Crippen LogP contribution in [0.2, 0.25) is 0 Å². The summed E-state index contributed by atoms with van der Waals surface area (Å²) in [5.41, 5.74) is 6.89. The van der Waals surface area contributed by atoms with Crippen LogP contribution in [0.3, 0.4) is 0 Å². The summed E-state index contributed by atoms with van der Waals surface area (Å²) in [5.74, 6) is 1.60. The molecule has 20 heavy (non-hydrogen) atoms. The molecule has 0 aliphatic rings. The first-order valence-corrected chi connectivity index (χ1v) is 7.67. The lowest BCUT2D eigenvalue weighted by molar-refractivity contribution is 0.409. The van der Waals surface area contributed by atoms with Gasteiger partial charge >= 0.3 is 0 Å². The SMILES string of the molecule is COc1ccccc1N(C)C(CN)c1cc(Br)c(Br)o1. The lowest BCUT2D eigenvalue weighted by atomic mass is 10.1. The zero-order valence-corrected chi connectivity index (χ0v) is 14.4. The van der Waals surface area contributed by atoms with E-state index in [2.05, 4.69) is 36.8 Å². The van der Waals surface area contributed by atoms with E-state index in [9.17, 15) is 0 Å². The Kier molecular flexibility index (Phi) is 5.12. The fraction of sp³-hybridized carbons (Fsp3) is 0.286. The third kappa shape index (κ3) is 3.02. The molecule has 0 spiro atoms. The minimum absolute atomic E-state index is 0.0751. The molecule has 108 valence electrons. The largest absolute Gasteiger partial charge is 0.495 e. The first-order valence-electron chi connectivity index (χ1n) is 6.09. The van der Waals surface area contributed by atoms with Crippen molar-refractivity contribution in [3.05, 3.63) is 45.2 Å². The maximum absolute atomic E-state index is 5.92. The number of ether oxygens (including phenoxy) is 1. The summed E-state index contributed by atoms with van der Waals surface area (Å²) in [4.78, 5) is 2.05. The highest BCUT2D eigenvalue weighted by molar-refractivity contribution is 9.13. The Morgan fingerprint density at radius 2 is 2.05 bits per heavy atom. The molecule has 0 fully saturated rings. The first-order chi connectivity index (χ1) is 9.58. The third-order valence-electron chi connectivity index (χ3n) is 3.15. The second-order valence-electron chi connectivity index (χ2n) is 4.30. The number of anilines is 1. The Bertz CT molecular complexity index is 567. The van der Waals surface area contributed by atoms with Crippen molar-refractivity contribution in [1.29, 1.82) is 0 Å². The quantitative estimate of drug-likeness (QED) is 0.821. The lowest BCUT2D eigenvalue weighted by Crippen LogP contribution is -2.30. The van der Waals surface area contributed by atoms with Crippen molar-refractivity contribution in [2.45, 2.75) is 6.04 Å². The molecule has 0 amide bonds. The van der Waals surface area contributed by atoms with Gasteiger partial charge in [-0.15, -0.1) is 0 Å². The summed E-state index contributed by atoms with van der Waals surface area (Å²) >= 11 is 6.77. The van der Waals surface area contributed by atoms with E-state index in [-0.39, 0.29) is 6.04 Å². The lowest BCUT2D eigenvalue weighted by Gasteiger charge is -2.28. The fourth-order valence-electron chi connectivity index (χ4n) is 2.08. The first kappa shape index (κ1) is 15.4. The predicted octanol–water partition coefficient (Wildman–Crippen LogP) is 3.95. The number of methoxy groups -OCH3 is 1. The monoisotopic (exact) mass is 402 g/mol. The van der Waals surface area contributed by atoms with E-state index >= 15 is 0 Å². The molecule has 0 saturated carbocycles. The Morgan fingerprint density at radius 1 is 1.35 bits per heavy atom. The van der Waals surface area contributed by atoms with Crippen molar-refractivity contribution in [1.82, 2.24) is 0 Å². The molecular formula is C14H16Br2N2O2. The van der Waals surface area contributed by atoms with Gasteiger partial charge in [-0.1, -0.05) is 12.1 Å². The number of hydrogen-bond acceptors (Lipinski definition) is 4. The van der Waals surface area contributed by atoms with Crippen LogP contribution in [-0.2, 0) is 0 Å². The maximum Gasteiger partial charge on any atom is 0.183 e. The van der Waals surface area contributed by atoms with Crippen molar-refractivity contribution in [2.24, 2.45) is 5.73 Å². The van der Waals surface area contributed by atoms with Crippen LogP contribution in [0.4, 0.5) is 5.69 Å². The topological polar surface area (TPSA) is 51.6 Å². The summed E-state index contributed by atoms with van der Waals surface area (Å²) in [6, 6.07) is 9.67. The van der Waals surface area contributed by atoms with E-state index < -0.39 is 0 Å². The molecule has 0 radical (unpaired) electrons. The van der Waals surface area contributed by atoms with Gasteiger partial charge in [-0.25, -0.2) is 0 Å². The molecular weight excluding hydrogens is 388 g/mol. The molecule has 1 aromatic heterocycles. The molecule has 6 heteroatoms. The highest BCUT2D eigenvalue weighted by Crippen LogP contribution is 2.36. The molecule has 0 saturated heterocycles. The molecule has 0 aliphatic heterocycles. The van der Waals surface area contributed by atoms with E-state index in [0.29, 0.717) is 11.2 Å². The number of hydrogen-bond donors (Lipinski definition) is 1. The van der Waals surface area contributed by atoms with Gasteiger partial charge < -0.3 is 19.8 Å². The number of benzene rings is 1. The van der Waals surface area contributed by atoms with Crippen LogP contribution in [0.1, 0.15) is 11.8 Å². The van der Waals surface area contributed by atoms with Crippen molar-refractivity contribution < 1.29 is 9.15 Å². The average molecular weight is 404 g/mol. The Morgan fingerprint density at radius 3 is 2.60 bits per heavy atom. The van der Waals surface area contributed by atoms with Crippen LogP contribution >= 0.6 is 31.9 Å². The minimum Gasteiger partial charge on any atom is -0.495 e. The summed E-state index contributed by atoms with van der Waals surface area (Å²) in [6.07, 6.45) is 0. The Balaban J connectivity index is 2.36. The molecule has 4 nitrogen and oxygen atoms in total. The second kappa shape index (κ2) is 6.65.